The van der Waals surface area contributed by atoms with Crippen LogP contribution in [-0.4, -0.2) is 16.1 Å². The van der Waals surface area contributed by atoms with Crippen LogP contribution in [0.25, 0.3) is 0 Å². The zero-order chi connectivity index (χ0) is 14.7. The van der Waals surface area contributed by atoms with Crippen molar-refractivity contribution in [2.45, 2.75) is 26.9 Å². The zero-order valence-electron chi connectivity index (χ0n) is 11.2. The van der Waals surface area contributed by atoms with Gasteiger partial charge in [-0.25, -0.2) is 14.2 Å². The molecule has 6 heteroatoms. The fourth-order valence-electron chi connectivity index (χ4n) is 1.76. The molecule has 0 aliphatic heterocycles. The molecular weight excluding hydrogens is 263 g/mol. The van der Waals surface area contributed by atoms with Crippen molar-refractivity contribution in [2.75, 3.05) is 0 Å². The minimum absolute atomic E-state index is 0.0611. The van der Waals surface area contributed by atoms with E-state index in [9.17, 15) is 9.18 Å². The van der Waals surface area contributed by atoms with Crippen molar-refractivity contribution in [1.29, 1.82) is 0 Å². The molecule has 0 saturated carbocycles. The topological polar surface area (TPSA) is 75.4 Å². The van der Waals surface area contributed by atoms with Gasteiger partial charge < -0.3 is 14.8 Å². The lowest BCUT2D eigenvalue weighted by molar-refractivity contribution is 0.0696. The van der Waals surface area contributed by atoms with Crippen LogP contribution in [0.4, 0.5) is 4.39 Å². The molecule has 0 aliphatic carbocycles. The number of aromatic nitrogens is 1. The summed E-state index contributed by atoms with van der Waals surface area (Å²) in [5.41, 5.74) is 1.18. The highest BCUT2D eigenvalue weighted by Crippen LogP contribution is 2.12. The third kappa shape index (κ3) is 3.21. The quantitative estimate of drug-likeness (QED) is 0.878. The molecule has 0 radical (unpaired) electrons. The first-order valence-corrected chi connectivity index (χ1v) is 6.12. The van der Waals surface area contributed by atoms with Gasteiger partial charge in [0.15, 0.2) is 0 Å². The molecule has 1 aromatic heterocycles. The Kier molecular flexibility index (Phi) is 4.14. The van der Waals surface area contributed by atoms with E-state index in [1.807, 2.05) is 13.8 Å². The number of oxazole rings is 1. The summed E-state index contributed by atoms with van der Waals surface area (Å²) >= 11 is 0. The number of hydrogen-bond acceptors (Lipinski definition) is 4. The molecule has 0 aliphatic rings. The van der Waals surface area contributed by atoms with Crippen LogP contribution in [0.3, 0.4) is 0 Å². The molecule has 20 heavy (non-hydrogen) atoms. The van der Waals surface area contributed by atoms with E-state index in [-0.39, 0.29) is 12.1 Å². The van der Waals surface area contributed by atoms with Gasteiger partial charge in [0.25, 0.3) is 0 Å². The Labute approximate surface area is 115 Å². The molecule has 0 amide bonds. The van der Waals surface area contributed by atoms with Crippen LogP contribution in [0.15, 0.2) is 22.6 Å². The molecule has 0 atom stereocenters. The average molecular weight is 278 g/mol. The average Bonchev–Trinajstić information content (AvgIpc) is 2.70. The molecule has 2 N–H and O–H groups in total. The van der Waals surface area contributed by atoms with Gasteiger partial charge in [0.05, 0.1) is 17.8 Å². The fourth-order valence-corrected chi connectivity index (χ4v) is 1.76. The number of nitrogens with zero attached hydrogens (tertiary/aromatic N) is 1. The summed E-state index contributed by atoms with van der Waals surface area (Å²) in [6.07, 6.45) is 0. The van der Waals surface area contributed by atoms with E-state index in [2.05, 4.69) is 10.3 Å². The number of hydrogen-bond donors (Lipinski definition) is 2. The number of carboxylic acid groups (broad SMARTS) is 1. The molecule has 2 rings (SSSR count). The van der Waals surface area contributed by atoms with Crippen LogP contribution in [0.5, 0.6) is 0 Å². The van der Waals surface area contributed by atoms with Gasteiger partial charge in [-0.15, -0.1) is 0 Å². The second kappa shape index (κ2) is 5.83. The number of carbonyl (C=O) groups is 1. The summed E-state index contributed by atoms with van der Waals surface area (Å²) in [5, 5.41) is 11.8. The monoisotopic (exact) mass is 278 g/mol. The largest absolute Gasteiger partial charge is 0.478 e. The van der Waals surface area contributed by atoms with E-state index >= 15 is 0 Å². The first-order chi connectivity index (χ1) is 9.47. The molecule has 0 saturated heterocycles. The van der Waals surface area contributed by atoms with Crippen LogP contribution in [0.2, 0.25) is 0 Å². The van der Waals surface area contributed by atoms with E-state index in [1.54, 1.807) is 0 Å². The summed E-state index contributed by atoms with van der Waals surface area (Å²) in [7, 11) is 0. The van der Waals surface area contributed by atoms with Crippen LogP contribution in [-0.2, 0) is 13.1 Å². The van der Waals surface area contributed by atoms with Gasteiger partial charge in [0.1, 0.15) is 11.6 Å². The van der Waals surface area contributed by atoms with Crippen molar-refractivity contribution in [3.63, 3.8) is 0 Å². The number of aromatic carboxylic acids is 1. The molecule has 1 heterocycles. The van der Waals surface area contributed by atoms with Gasteiger partial charge in [-0.3, -0.25) is 0 Å². The van der Waals surface area contributed by atoms with Crippen molar-refractivity contribution in [2.24, 2.45) is 0 Å². The highest BCUT2D eigenvalue weighted by molar-refractivity contribution is 5.87. The predicted molar refractivity (Wildman–Crippen MR) is 69.9 cm³/mol. The third-order valence-electron chi connectivity index (χ3n) is 2.96. The predicted octanol–water partition coefficient (Wildman–Crippen LogP) is 2.42. The molecule has 0 fully saturated rings. The third-order valence-corrected chi connectivity index (χ3v) is 2.96. The second-order valence-electron chi connectivity index (χ2n) is 4.46. The molecular formula is C14H15FN2O3. The highest BCUT2D eigenvalue weighted by atomic mass is 19.1. The summed E-state index contributed by atoms with van der Waals surface area (Å²) in [4.78, 5) is 15.0. The van der Waals surface area contributed by atoms with Crippen molar-refractivity contribution < 1.29 is 18.7 Å². The first kappa shape index (κ1) is 14.2. The number of rotatable bonds is 5. The Balaban J connectivity index is 2.00. The SMILES string of the molecule is Cc1nc(CNCc2cc(C(=O)O)ccc2F)oc1C. The standard InChI is InChI=1S/C14H15FN2O3/c1-8-9(2)20-13(17-8)7-16-6-11-5-10(14(18)19)3-4-12(11)15/h3-5,16H,6-7H2,1-2H3,(H,18,19). The fraction of sp³-hybridized carbons (Fsp3) is 0.286. The minimum Gasteiger partial charge on any atom is -0.478 e. The van der Waals surface area contributed by atoms with Crippen molar-refractivity contribution in [1.82, 2.24) is 10.3 Å². The van der Waals surface area contributed by atoms with Crippen LogP contribution < -0.4 is 5.32 Å². The summed E-state index contributed by atoms with van der Waals surface area (Å²) in [6.45, 7) is 4.22. The molecule has 0 spiro atoms. The van der Waals surface area contributed by atoms with Crippen molar-refractivity contribution in [3.8, 4) is 0 Å². The lowest BCUT2D eigenvalue weighted by atomic mass is 10.1. The van der Waals surface area contributed by atoms with E-state index in [0.29, 0.717) is 18.0 Å². The number of aryl methyl sites for hydroxylation is 2. The zero-order valence-corrected chi connectivity index (χ0v) is 11.2. The van der Waals surface area contributed by atoms with E-state index in [4.69, 9.17) is 9.52 Å². The lowest BCUT2D eigenvalue weighted by Gasteiger charge is -2.05. The van der Waals surface area contributed by atoms with Gasteiger partial charge in [0, 0.05) is 12.1 Å². The molecule has 0 bridgehead atoms. The Hall–Kier alpha value is -2.21. The molecule has 5 nitrogen and oxygen atoms in total. The molecule has 1 aromatic carbocycles. The Morgan fingerprint density at radius 3 is 2.75 bits per heavy atom. The first-order valence-electron chi connectivity index (χ1n) is 6.12. The number of benzene rings is 1. The van der Waals surface area contributed by atoms with Gasteiger partial charge in [-0.05, 0) is 32.0 Å². The molecule has 106 valence electrons. The summed E-state index contributed by atoms with van der Waals surface area (Å²) in [6, 6.07) is 3.71. The number of carboxylic acids is 1. The Bertz CT molecular complexity index is 618. The summed E-state index contributed by atoms with van der Waals surface area (Å²) in [5.74, 6) is -0.247. The van der Waals surface area contributed by atoms with Crippen LogP contribution in [0, 0.1) is 19.7 Å². The van der Waals surface area contributed by atoms with Crippen molar-refractivity contribution >= 4 is 5.97 Å². The normalized spacial score (nSPS) is 10.8. The van der Waals surface area contributed by atoms with Crippen molar-refractivity contribution in [3.05, 3.63) is 52.5 Å². The van der Waals surface area contributed by atoms with Gasteiger partial charge in [-0.2, -0.15) is 0 Å². The van der Waals surface area contributed by atoms with E-state index < -0.39 is 11.8 Å². The highest BCUT2D eigenvalue weighted by Gasteiger charge is 2.09. The summed E-state index contributed by atoms with van der Waals surface area (Å²) < 4.78 is 18.9. The van der Waals surface area contributed by atoms with Gasteiger partial charge in [0.2, 0.25) is 5.89 Å². The van der Waals surface area contributed by atoms with E-state index in [1.165, 1.54) is 12.1 Å². The Morgan fingerprint density at radius 2 is 2.15 bits per heavy atom. The smallest absolute Gasteiger partial charge is 0.335 e. The Morgan fingerprint density at radius 1 is 1.40 bits per heavy atom. The lowest BCUT2D eigenvalue weighted by Crippen LogP contribution is -2.14. The number of nitrogens with one attached hydrogen (secondary N) is 1. The second-order valence-corrected chi connectivity index (χ2v) is 4.46. The van der Waals surface area contributed by atoms with Gasteiger partial charge in [-0.1, -0.05) is 0 Å². The maximum atomic E-state index is 13.6. The number of halogens is 1. The van der Waals surface area contributed by atoms with Gasteiger partial charge >= 0.3 is 5.97 Å². The maximum absolute atomic E-state index is 13.6. The van der Waals surface area contributed by atoms with Crippen LogP contribution in [0.1, 0.15) is 33.3 Å². The van der Waals surface area contributed by atoms with Crippen LogP contribution >= 0.6 is 0 Å². The maximum Gasteiger partial charge on any atom is 0.335 e. The molecule has 0 unspecified atom stereocenters. The van der Waals surface area contributed by atoms with E-state index in [0.717, 1.165) is 17.5 Å². The minimum atomic E-state index is -1.08. The molecule has 2 aromatic rings.